The summed E-state index contributed by atoms with van der Waals surface area (Å²) in [6, 6.07) is 0. The molecule has 2 atom stereocenters. The molecule has 3 N–H and O–H groups in total. The van der Waals surface area contributed by atoms with Crippen LogP contribution < -0.4 is 16.0 Å². The van der Waals surface area contributed by atoms with E-state index in [1.807, 2.05) is 0 Å². The summed E-state index contributed by atoms with van der Waals surface area (Å²) in [7, 11) is 0. The zero-order valence-electron chi connectivity index (χ0n) is 9.82. The van der Waals surface area contributed by atoms with Gasteiger partial charge in [-0.2, -0.15) is 4.98 Å². The minimum absolute atomic E-state index is 0.237. The first kappa shape index (κ1) is 12.6. The van der Waals surface area contributed by atoms with Gasteiger partial charge in [0.15, 0.2) is 0 Å². The first-order valence-electron chi connectivity index (χ1n) is 5.86. The Morgan fingerprint density at radius 1 is 1.47 bits per heavy atom. The summed E-state index contributed by atoms with van der Waals surface area (Å²) in [5.41, 5.74) is 2.42. The van der Waals surface area contributed by atoms with E-state index >= 15 is 0 Å². The molecule has 0 saturated heterocycles. The number of ether oxygens (including phenoxy) is 1. The molecule has 17 heavy (non-hydrogen) atoms. The first-order valence-corrected chi connectivity index (χ1v) is 6.66. The van der Waals surface area contributed by atoms with E-state index < -0.39 is 0 Å². The molecule has 0 amide bonds. The number of nitrogens with one attached hydrogen (secondary N) is 1. The lowest BCUT2D eigenvalue weighted by Crippen LogP contribution is -2.29. The Balaban J connectivity index is 2.11. The highest BCUT2D eigenvalue weighted by Gasteiger charge is 2.24. The molecule has 6 heteroatoms. The highest BCUT2D eigenvalue weighted by atomic mass is 79.9. The predicted molar refractivity (Wildman–Crippen MR) is 69.6 cm³/mol. The third-order valence-electron chi connectivity index (χ3n) is 3.14. The number of hydrogen-bond donors (Lipinski definition) is 2. The van der Waals surface area contributed by atoms with Gasteiger partial charge in [-0.3, -0.25) is 5.43 Å². The SMILES string of the molecule is CC1CCCCC1Oc1nc(NN)ncc1Br. The Kier molecular flexibility index (Phi) is 4.17. The molecule has 1 saturated carbocycles. The van der Waals surface area contributed by atoms with Crippen molar-refractivity contribution in [2.24, 2.45) is 11.8 Å². The van der Waals surface area contributed by atoms with Crippen molar-refractivity contribution < 1.29 is 4.74 Å². The number of nitrogens with two attached hydrogens (primary N) is 1. The first-order chi connectivity index (χ1) is 8.20. The molecule has 1 aromatic heterocycles. The van der Waals surface area contributed by atoms with Crippen molar-refractivity contribution in [3.63, 3.8) is 0 Å². The zero-order chi connectivity index (χ0) is 12.3. The fourth-order valence-corrected chi connectivity index (χ4v) is 2.39. The van der Waals surface area contributed by atoms with Gasteiger partial charge >= 0.3 is 0 Å². The summed E-state index contributed by atoms with van der Waals surface area (Å²) in [5.74, 6) is 6.78. The standard InChI is InChI=1S/C11H17BrN4O/c1-7-4-2-3-5-9(7)17-10-8(12)6-14-11(15-10)16-13/h6-7,9H,2-5,13H2,1H3,(H,14,15,16). The quantitative estimate of drug-likeness (QED) is 0.663. The lowest BCUT2D eigenvalue weighted by molar-refractivity contribution is 0.0967. The summed E-state index contributed by atoms with van der Waals surface area (Å²) in [6.07, 6.45) is 6.70. The second-order valence-electron chi connectivity index (χ2n) is 4.41. The lowest BCUT2D eigenvalue weighted by Gasteiger charge is -2.29. The lowest BCUT2D eigenvalue weighted by atomic mass is 9.88. The average Bonchev–Trinajstić information content (AvgIpc) is 2.35. The highest BCUT2D eigenvalue weighted by Crippen LogP contribution is 2.30. The minimum Gasteiger partial charge on any atom is -0.473 e. The van der Waals surface area contributed by atoms with Crippen LogP contribution in [0, 0.1) is 5.92 Å². The molecule has 1 aliphatic carbocycles. The molecule has 0 spiro atoms. The van der Waals surface area contributed by atoms with Crippen molar-refractivity contribution in [1.82, 2.24) is 9.97 Å². The van der Waals surface area contributed by atoms with Crippen LogP contribution in [0.1, 0.15) is 32.6 Å². The number of rotatable bonds is 3. The van der Waals surface area contributed by atoms with Crippen LogP contribution in [-0.2, 0) is 0 Å². The number of hydrogen-bond acceptors (Lipinski definition) is 5. The van der Waals surface area contributed by atoms with Crippen molar-refractivity contribution in [2.45, 2.75) is 38.7 Å². The molecular formula is C11H17BrN4O. The molecular weight excluding hydrogens is 284 g/mol. The van der Waals surface area contributed by atoms with Crippen LogP contribution >= 0.6 is 15.9 Å². The monoisotopic (exact) mass is 300 g/mol. The Bertz CT molecular complexity index is 388. The van der Waals surface area contributed by atoms with Gasteiger partial charge in [0.05, 0.1) is 10.7 Å². The maximum atomic E-state index is 5.95. The molecule has 0 aliphatic heterocycles. The van der Waals surface area contributed by atoms with Gasteiger partial charge < -0.3 is 4.74 Å². The third kappa shape index (κ3) is 3.07. The Morgan fingerprint density at radius 3 is 2.94 bits per heavy atom. The second kappa shape index (κ2) is 5.64. The van der Waals surface area contributed by atoms with Crippen LogP contribution in [0.3, 0.4) is 0 Å². The molecule has 0 bridgehead atoms. The Hall–Kier alpha value is -0.880. The van der Waals surface area contributed by atoms with Gasteiger partial charge in [-0.25, -0.2) is 10.8 Å². The van der Waals surface area contributed by atoms with E-state index in [1.165, 1.54) is 19.3 Å². The van der Waals surface area contributed by atoms with Gasteiger partial charge in [0.25, 0.3) is 0 Å². The molecule has 5 nitrogen and oxygen atoms in total. The van der Waals surface area contributed by atoms with Crippen molar-refractivity contribution >= 4 is 21.9 Å². The summed E-state index contributed by atoms with van der Waals surface area (Å²) in [5, 5.41) is 0. The topological polar surface area (TPSA) is 73.1 Å². The van der Waals surface area contributed by atoms with Gasteiger partial charge in [0, 0.05) is 0 Å². The van der Waals surface area contributed by atoms with Gasteiger partial charge in [0.2, 0.25) is 11.8 Å². The normalized spacial score (nSPS) is 24.4. The van der Waals surface area contributed by atoms with Gasteiger partial charge in [0.1, 0.15) is 6.10 Å². The van der Waals surface area contributed by atoms with Crippen LogP contribution in [0.4, 0.5) is 5.95 Å². The third-order valence-corrected chi connectivity index (χ3v) is 3.68. The van der Waals surface area contributed by atoms with Gasteiger partial charge in [-0.15, -0.1) is 0 Å². The Labute approximate surface area is 109 Å². The van der Waals surface area contributed by atoms with Crippen molar-refractivity contribution in [3.05, 3.63) is 10.7 Å². The summed E-state index contributed by atoms with van der Waals surface area (Å²) >= 11 is 3.39. The van der Waals surface area contributed by atoms with E-state index in [1.54, 1.807) is 6.20 Å². The summed E-state index contributed by atoms with van der Waals surface area (Å²) in [6.45, 7) is 2.22. The predicted octanol–water partition coefficient (Wildman–Crippen LogP) is 2.48. The van der Waals surface area contributed by atoms with Gasteiger partial charge in [-0.05, 0) is 41.1 Å². The van der Waals surface area contributed by atoms with Crippen LogP contribution in [0.2, 0.25) is 0 Å². The Morgan fingerprint density at radius 2 is 2.24 bits per heavy atom. The molecule has 94 valence electrons. The average molecular weight is 301 g/mol. The van der Waals surface area contributed by atoms with Crippen LogP contribution in [0.15, 0.2) is 10.7 Å². The molecule has 1 aromatic rings. The van der Waals surface area contributed by atoms with Crippen LogP contribution in [0.25, 0.3) is 0 Å². The molecule has 0 radical (unpaired) electrons. The zero-order valence-corrected chi connectivity index (χ0v) is 11.4. The van der Waals surface area contributed by atoms with Gasteiger partial charge in [-0.1, -0.05) is 13.3 Å². The minimum atomic E-state index is 0.237. The van der Waals surface area contributed by atoms with Crippen molar-refractivity contribution in [3.8, 4) is 5.88 Å². The van der Waals surface area contributed by atoms with E-state index in [4.69, 9.17) is 10.6 Å². The fraction of sp³-hybridized carbons (Fsp3) is 0.636. The second-order valence-corrected chi connectivity index (χ2v) is 5.26. The molecule has 1 aliphatic rings. The van der Waals surface area contributed by atoms with Crippen LogP contribution in [-0.4, -0.2) is 16.1 Å². The fourth-order valence-electron chi connectivity index (χ4n) is 2.10. The van der Waals surface area contributed by atoms with E-state index in [-0.39, 0.29) is 6.10 Å². The van der Waals surface area contributed by atoms with E-state index in [0.717, 1.165) is 10.9 Å². The number of halogens is 1. The number of nitrogens with zero attached hydrogens (tertiary/aromatic N) is 2. The van der Waals surface area contributed by atoms with Crippen molar-refractivity contribution in [2.75, 3.05) is 5.43 Å². The molecule has 1 heterocycles. The summed E-state index contributed by atoms with van der Waals surface area (Å²) < 4.78 is 6.71. The molecule has 2 rings (SSSR count). The maximum Gasteiger partial charge on any atom is 0.240 e. The van der Waals surface area contributed by atoms with E-state index in [9.17, 15) is 0 Å². The molecule has 2 unspecified atom stereocenters. The highest BCUT2D eigenvalue weighted by molar-refractivity contribution is 9.10. The molecule has 0 aromatic carbocycles. The van der Waals surface area contributed by atoms with E-state index in [2.05, 4.69) is 38.2 Å². The van der Waals surface area contributed by atoms with Crippen molar-refractivity contribution in [1.29, 1.82) is 0 Å². The molecule has 1 fully saturated rings. The number of anilines is 1. The summed E-state index contributed by atoms with van der Waals surface area (Å²) in [4.78, 5) is 8.20. The number of aromatic nitrogens is 2. The number of hydrazine groups is 1. The smallest absolute Gasteiger partial charge is 0.240 e. The number of nitrogen functional groups attached to an aromatic ring is 1. The van der Waals surface area contributed by atoms with Crippen LogP contribution in [0.5, 0.6) is 5.88 Å². The largest absolute Gasteiger partial charge is 0.473 e. The maximum absolute atomic E-state index is 5.95. The van der Waals surface area contributed by atoms with E-state index in [0.29, 0.717) is 17.7 Å².